The van der Waals surface area contributed by atoms with E-state index in [2.05, 4.69) is 15.5 Å². The van der Waals surface area contributed by atoms with Gasteiger partial charge in [0, 0.05) is 12.1 Å². The van der Waals surface area contributed by atoms with Gasteiger partial charge in [0.05, 0.1) is 28.2 Å². The van der Waals surface area contributed by atoms with Crippen LogP contribution in [-0.4, -0.2) is 16.0 Å². The first kappa shape index (κ1) is 17.5. The predicted octanol–water partition coefficient (Wildman–Crippen LogP) is 4.61. The zero-order valence-corrected chi connectivity index (χ0v) is 14.4. The molecule has 1 fully saturated rings. The summed E-state index contributed by atoms with van der Waals surface area (Å²) in [5, 5.41) is 7.44. The molecule has 0 aliphatic heterocycles. The van der Waals surface area contributed by atoms with Crippen LogP contribution in [-0.2, 0) is 6.18 Å². The molecule has 1 aliphatic carbocycles. The van der Waals surface area contributed by atoms with Gasteiger partial charge in [0.25, 0.3) is 11.6 Å². The van der Waals surface area contributed by atoms with E-state index in [0.29, 0.717) is 28.1 Å². The first-order valence-electron chi connectivity index (χ1n) is 8.56. The Morgan fingerprint density at radius 3 is 2.78 bits per heavy atom. The Hall–Kier alpha value is -2.90. The average molecular weight is 375 g/mol. The summed E-state index contributed by atoms with van der Waals surface area (Å²) in [5.41, 5.74) is 1.11. The van der Waals surface area contributed by atoms with Crippen molar-refractivity contribution in [2.75, 3.05) is 0 Å². The van der Waals surface area contributed by atoms with E-state index in [4.69, 9.17) is 4.52 Å². The number of amides is 1. The van der Waals surface area contributed by atoms with Crippen molar-refractivity contribution in [1.29, 1.82) is 0 Å². The Labute approximate surface area is 152 Å². The third kappa shape index (κ3) is 3.51. The van der Waals surface area contributed by atoms with E-state index >= 15 is 0 Å². The van der Waals surface area contributed by atoms with Crippen molar-refractivity contribution in [2.24, 2.45) is 0 Å². The summed E-state index contributed by atoms with van der Waals surface area (Å²) in [6.07, 6.45) is -0.990. The Morgan fingerprint density at radius 1 is 1.30 bits per heavy atom. The van der Waals surface area contributed by atoms with Gasteiger partial charge in [-0.05, 0) is 43.5 Å². The largest absolute Gasteiger partial charge is 0.416 e. The lowest BCUT2D eigenvalue weighted by molar-refractivity contribution is -0.137. The molecule has 5 nitrogen and oxygen atoms in total. The predicted molar refractivity (Wildman–Crippen MR) is 91.1 cm³/mol. The van der Waals surface area contributed by atoms with Crippen molar-refractivity contribution < 1.29 is 22.5 Å². The molecule has 4 rings (SSSR count). The van der Waals surface area contributed by atoms with Gasteiger partial charge in [-0.2, -0.15) is 13.2 Å². The molecule has 1 N–H and O–H groups in total. The number of alkyl halides is 3. The third-order valence-electron chi connectivity index (χ3n) is 4.65. The van der Waals surface area contributed by atoms with Crippen molar-refractivity contribution in [1.82, 2.24) is 15.5 Å². The molecule has 140 valence electrons. The summed E-state index contributed by atoms with van der Waals surface area (Å²) >= 11 is 0. The Bertz CT molecular complexity index is 1010. The van der Waals surface area contributed by atoms with E-state index in [0.717, 1.165) is 30.7 Å². The zero-order chi connectivity index (χ0) is 19.2. The Morgan fingerprint density at radius 2 is 2.07 bits per heavy atom. The molecule has 27 heavy (non-hydrogen) atoms. The maximum Gasteiger partial charge on any atom is 0.416 e. The molecule has 1 unspecified atom stereocenters. The minimum absolute atomic E-state index is 0.312. The second-order valence-corrected chi connectivity index (χ2v) is 6.74. The number of hydrogen-bond acceptors (Lipinski definition) is 4. The number of aromatic nitrogens is 2. The number of nitrogens with zero attached hydrogens (tertiary/aromatic N) is 2. The number of hydrogen-bond donors (Lipinski definition) is 1. The first-order chi connectivity index (χ1) is 12.8. The SMILES string of the molecule is CC(NC(=O)c1cnc2onc(C3CC3)c2c1)c1cccc(C(F)(F)F)c1. The van der Waals surface area contributed by atoms with Crippen molar-refractivity contribution >= 4 is 17.0 Å². The van der Waals surface area contributed by atoms with Gasteiger partial charge in [-0.3, -0.25) is 4.79 Å². The molecule has 1 aromatic carbocycles. The molecule has 0 bridgehead atoms. The highest BCUT2D eigenvalue weighted by atomic mass is 19.4. The summed E-state index contributed by atoms with van der Waals surface area (Å²) in [6.45, 7) is 1.63. The number of rotatable bonds is 4. The van der Waals surface area contributed by atoms with Gasteiger partial charge in [-0.15, -0.1) is 0 Å². The molecule has 1 amide bonds. The Kier molecular flexibility index (Phi) is 4.13. The van der Waals surface area contributed by atoms with Crippen LogP contribution in [0.2, 0.25) is 0 Å². The average Bonchev–Trinajstić information content (AvgIpc) is 3.39. The highest BCUT2D eigenvalue weighted by Crippen LogP contribution is 2.42. The lowest BCUT2D eigenvalue weighted by atomic mass is 10.0. The number of nitrogens with one attached hydrogen (secondary N) is 1. The number of carbonyl (C=O) groups excluding carboxylic acids is 1. The molecule has 1 aliphatic rings. The van der Waals surface area contributed by atoms with Gasteiger partial charge < -0.3 is 9.84 Å². The fourth-order valence-corrected chi connectivity index (χ4v) is 2.97. The number of carbonyl (C=O) groups is 1. The van der Waals surface area contributed by atoms with Crippen molar-refractivity contribution in [3.05, 3.63) is 58.9 Å². The molecule has 0 radical (unpaired) electrons. The van der Waals surface area contributed by atoms with E-state index in [9.17, 15) is 18.0 Å². The molecule has 8 heteroatoms. The molecule has 0 saturated heterocycles. The van der Waals surface area contributed by atoms with Crippen LogP contribution in [0, 0.1) is 0 Å². The molecule has 2 heterocycles. The van der Waals surface area contributed by atoms with Gasteiger partial charge in [0.2, 0.25) is 0 Å². The summed E-state index contributed by atoms with van der Waals surface area (Å²) in [4.78, 5) is 16.7. The number of benzene rings is 1. The smallest absolute Gasteiger partial charge is 0.345 e. The van der Waals surface area contributed by atoms with Gasteiger partial charge in [0.15, 0.2) is 0 Å². The van der Waals surface area contributed by atoms with Crippen molar-refractivity contribution in [2.45, 2.75) is 37.9 Å². The van der Waals surface area contributed by atoms with Gasteiger partial charge >= 0.3 is 6.18 Å². The molecule has 1 saturated carbocycles. The van der Waals surface area contributed by atoms with E-state index in [-0.39, 0.29) is 0 Å². The fraction of sp³-hybridized carbons (Fsp3) is 0.316. The standard InChI is InChI=1S/C19H16F3N3O2/c1-10(12-3-2-4-14(7-12)19(20,21)22)24-17(26)13-8-15-16(11-5-6-11)25-27-18(15)23-9-13/h2-4,7-11H,5-6H2,1H3,(H,24,26). The van der Waals surface area contributed by atoms with Crippen LogP contribution in [0.1, 0.15) is 58.9 Å². The second kappa shape index (κ2) is 6.37. The van der Waals surface area contributed by atoms with Crippen LogP contribution in [0.5, 0.6) is 0 Å². The number of halogens is 3. The maximum absolute atomic E-state index is 12.9. The quantitative estimate of drug-likeness (QED) is 0.723. The minimum atomic E-state index is -4.43. The van der Waals surface area contributed by atoms with E-state index in [1.807, 2.05) is 0 Å². The van der Waals surface area contributed by atoms with Crippen LogP contribution < -0.4 is 5.32 Å². The van der Waals surface area contributed by atoms with Gasteiger partial charge in [-0.1, -0.05) is 17.3 Å². The summed E-state index contributed by atoms with van der Waals surface area (Å²) < 4.78 is 43.8. The molecule has 2 aromatic heterocycles. The second-order valence-electron chi connectivity index (χ2n) is 6.74. The zero-order valence-electron chi connectivity index (χ0n) is 14.4. The van der Waals surface area contributed by atoms with Gasteiger partial charge in [-0.25, -0.2) is 4.98 Å². The monoisotopic (exact) mass is 375 g/mol. The maximum atomic E-state index is 12.9. The minimum Gasteiger partial charge on any atom is -0.345 e. The summed E-state index contributed by atoms with van der Waals surface area (Å²) in [5.74, 6) is -0.0762. The topological polar surface area (TPSA) is 68.0 Å². The number of pyridine rings is 1. The van der Waals surface area contributed by atoms with Crippen LogP contribution >= 0.6 is 0 Å². The number of fused-ring (bicyclic) bond motifs is 1. The first-order valence-corrected chi connectivity index (χ1v) is 8.56. The highest BCUT2D eigenvalue weighted by molar-refractivity contribution is 5.97. The Balaban J connectivity index is 1.55. The molecular weight excluding hydrogens is 359 g/mol. The van der Waals surface area contributed by atoms with E-state index < -0.39 is 23.7 Å². The lowest BCUT2D eigenvalue weighted by Crippen LogP contribution is -2.27. The summed E-state index contributed by atoms with van der Waals surface area (Å²) in [7, 11) is 0. The molecular formula is C19H16F3N3O2. The molecule has 3 aromatic rings. The highest BCUT2D eigenvalue weighted by Gasteiger charge is 2.31. The van der Waals surface area contributed by atoms with Crippen LogP contribution in [0.3, 0.4) is 0 Å². The molecule has 0 spiro atoms. The van der Waals surface area contributed by atoms with Crippen LogP contribution in [0.4, 0.5) is 13.2 Å². The fourth-order valence-electron chi connectivity index (χ4n) is 2.97. The summed E-state index contributed by atoms with van der Waals surface area (Å²) in [6, 6.07) is 5.99. The van der Waals surface area contributed by atoms with E-state index in [1.165, 1.54) is 12.3 Å². The molecule has 1 atom stereocenters. The normalized spacial score (nSPS) is 15.7. The third-order valence-corrected chi connectivity index (χ3v) is 4.65. The van der Waals surface area contributed by atoms with E-state index in [1.54, 1.807) is 19.1 Å². The van der Waals surface area contributed by atoms with Gasteiger partial charge in [0.1, 0.15) is 0 Å². The van der Waals surface area contributed by atoms with Crippen molar-refractivity contribution in [3.63, 3.8) is 0 Å². The lowest BCUT2D eigenvalue weighted by Gasteiger charge is -2.16. The van der Waals surface area contributed by atoms with Crippen molar-refractivity contribution in [3.8, 4) is 0 Å². The van der Waals surface area contributed by atoms with Crippen LogP contribution in [0.15, 0.2) is 41.1 Å². The van der Waals surface area contributed by atoms with Crippen LogP contribution in [0.25, 0.3) is 11.1 Å².